The molecule has 3 aromatic rings. The molecule has 7 nitrogen and oxygen atoms in total. The van der Waals surface area contributed by atoms with Crippen molar-refractivity contribution >= 4 is 22.4 Å². The number of H-pyrrole nitrogens is 1. The maximum atomic E-state index is 5.71. The molecule has 0 saturated heterocycles. The molecular formula is C19H19N5O2. The summed E-state index contributed by atoms with van der Waals surface area (Å²) in [7, 11) is 0. The van der Waals surface area contributed by atoms with E-state index in [0.717, 1.165) is 53.7 Å². The van der Waals surface area contributed by atoms with Crippen molar-refractivity contribution in [1.29, 1.82) is 0 Å². The third-order valence-electron chi connectivity index (χ3n) is 4.82. The van der Waals surface area contributed by atoms with Crippen molar-refractivity contribution in [3.8, 4) is 11.5 Å². The summed E-state index contributed by atoms with van der Waals surface area (Å²) >= 11 is 0. The van der Waals surface area contributed by atoms with Gasteiger partial charge in [-0.3, -0.25) is 5.10 Å². The van der Waals surface area contributed by atoms with E-state index < -0.39 is 0 Å². The number of aryl methyl sites for hydroxylation is 1. The van der Waals surface area contributed by atoms with Gasteiger partial charge in [-0.25, -0.2) is 9.97 Å². The third-order valence-corrected chi connectivity index (χ3v) is 4.82. The van der Waals surface area contributed by atoms with Crippen molar-refractivity contribution in [2.24, 2.45) is 0 Å². The summed E-state index contributed by atoms with van der Waals surface area (Å²) < 4.78 is 11.3. The first kappa shape index (κ1) is 15.2. The highest BCUT2D eigenvalue weighted by Crippen LogP contribution is 2.35. The van der Waals surface area contributed by atoms with E-state index in [9.17, 15) is 0 Å². The van der Waals surface area contributed by atoms with E-state index in [2.05, 4.69) is 43.3 Å². The van der Waals surface area contributed by atoms with Gasteiger partial charge in [-0.2, -0.15) is 5.10 Å². The zero-order valence-corrected chi connectivity index (χ0v) is 14.5. The smallest absolute Gasteiger partial charge is 0.161 e. The van der Waals surface area contributed by atoms with Crippen LogP contribution in [-0.4, -0.2) is 46.5 Å². The van der Waals surface area contributed by atoms with E-state index in [1.165, 1.54) is 11.1 Å². The van der Waals surface area contributed by atoms with E-state index in [-0.39, 0.29) is 0 Å². The Kier molecular flexibility index (Phi) is 3.51. The van der Waals surface area contributed by atoms with E-state index in [1.807, 2.05) is 13.0 Å². The standard InChI is InChI=1S/C19H19N5O2/c1-12-21-18-15(11-20-23-18)19(22-12)24-6-4-13(5-7-24)14-2-3-16-17(10-14)26-9-8-25-16/h2-4,10-11H,5-9H2,1H3,(H,20,21,22,23). The zero-order valence-electron chi connectivity index (χ0n) is 14.5. The van der Waals surface area contributed by atoms with Crippen molar-refractivity contribution in [2.75, 3.05) is 31.2 Å². The molecule has 0 atom stereocenters. The number of ether oxygens (including phenoxy) is 2. The molecule has 0 bridgehead atoms. The van der Waals surface area contributed by atoms with Gasteiger partial charge in [0, 0.05) is 13.1 Å². The number of hydrogen-bond acceptors (Lipinski definition) is 6. The molecule has 0 spiro atoms. The lowest BCUT2D eigenvalue weighted by atomic mass is 9.99. The van der Waals surface area contributed by atoms with Gasteiger partial charge >= 0.3 is 0 Å². The van der Waals surface area contributed by atoms with Crippen molar-refractivity contribution in [3.05, 3.63) is 41.9 Å². The minimum atomic E-state index is 0.608. The molecule has 1 aromatic carbocycles. The lowest BCUT2D eigenvalue weighted by molar-refractivity contribution is 0.171. The molecule has 132 valence electrons. The van der Waals surface area contributed by atoms with Gasteiger partial charge in [0.15, 0.2) is 17.1 Å². The predicted octanol–water partition coefficient (Wildman–Crippen LogP) is 2.73. The highest BCUT2D eigenvalue weighted by atomic mass is 16.6. The molecule has 0 amide bonds. The molecule has 4 heterocycles. The van der Waals surface area contributed by atoms with Crippen LogP contribution >= 0.6 is 0 Å². The highest BCUT2D eigenvalue weighted by molar-refractivity contribution is 5.87. The number of hydrogen-bond donors (Lipinski definition) is 1. The van der Waals surface area contributed by atoms with E-state index in [4.69, 9.17) is 9.47 Å². The zero-order chi connectivity index (χ0) is 17.5. The molecule has 26 heavy (non-hydrogen) atoms. The average molecular weight is 349 g/mol. The Morgan fingerprint density at radius 3 is 2.85 bits per heavy atom. The number of anilines is 1. The maximum absolute atomic E-state index is 5.71. The highest BCUT2D eigenvalue weighted by Gasteiger charge is 2.20. The first-order chi connectivity index (χ1) is 12.8. The molecule has 2 aliphatic heterocycles. The van der Waals surface area contributed by atoms with E-state index in [0.29, 0.717) is 13.2 Å². The summed E-state index contributed by atoms with van der Waals surface area (Å²) in [5, 5.41) is 8.01. The van der Waals surface area contributed by atoms with Crippen molar-refractivity contribution in [2.45, 2.75) is 13.3 Å². The van der Waals surface area contributed by atoms with Gasteiger partial charge in [0.25, 0.3) is 0 Å². The molecule has 0 unspecified atom stereocenters. The van der Waals surface area contributed by atoms with Gasteiger partial charge in [0.2, 0.25) is 0 Å². The van der Waals surface area contributed by atoms with Crippen LogP contribution in [-0.2, 0) is 0 Å². The second-order valence-corrected chi connectivity index (χ2v) is 6.51. The fourth-order valence-corrected chi connectivity index (χ4v) is 3.54. The van der Waals surface area contributed by atoms with Crippen LogP contribution in [0.1, 0.15) is 17.8 Å². The van der Waals surface area contributed by atoms with Crippen LogP contribution < -0.4 is 14.4 Å². The number of nitrogens with one attached hydrogen (secondary N) is 1. The molecule has 1 N–H and O–H groups in total. The summed E-state index contributed by atoms with van der Waals surface area (Å²) in [6, 6.07) is 6.19. The Bertz CT molecular complexity index is 1010. The second kappa shape index (κ2) is 6.01. The average Bonchev–Trinajstić information content (AvgIpc) is 3.15. The van der Waals surface area contributed by atoms with Crippen LogP contribution in [0.4, 0.5) is 5.82 Å². The number of aromatic amines is 1. The van der Waals surface area contributed by atoms with Gasteiger partial charge < -0.3 is 14.4 Å². The summed E-state index contributed by atoms with van der Waals surface area (Å²) in [4.78, 5) is 11.3. The topological polar surface area (TPSA) is 76.2 Å². The Hall–Kier alpha value is -3.09. The summed E-state index contributed by atoms with van der Waals surface area (Å²) in [5.74, 6) is 3.36. The van der Waals surface area contributed by atoms with Crippen molar-refractivity contribution < 1.29 is 9.47 Å². The Balaban J connectivity index is 1.42. The van der Waals surface area contributed by atoms with Gasteiger partial charge in [0.05, 0.1) is 11.6 Å². The van der Waals surface area contributed by atoms with E-state index >= 15 is 0 Å². The number of rotatable bonds is 2. The largest absolute Gasteiger partial charge is 0.486 e. The van der Waals surface area contributed by atoms with Crippen LogP contribution in [0.3, 0.4) is 0 Å². The van der Waals surface area contributed by atoms with Crippen molar-refractivity contribution in [3.63, 3.8) is 0 Å². The molecule has 0 fully saturated rings. The normalized spacial score (nSPS) is 16.7. The molecule has 5 rings (SSSR count). The fraction of sp³-hybridized carbons (Fsp3) is 0.316. The van der Waals surface area contributed by atoms with Crippen LogP contribution in [0.15, 0.2) is 30.5 Å². The van der Waals surface area contributed by atoms with Crippen LogP contribution in [0.25, 0.3) is 16.6 Å². The molecular weight excluding hydrogens is 330 g/mol. The molecule has 2 aliphatic rings. The Morgan fingerprint density at radius 2 is 2.00 bits per heavy atom. The number of nitrogens with zero attached hydrogens (tertiary/aromatic N) is 4. The fourth-order valence-electron chi connectivity index (χ4n) is 3.54. The number of fused-ring (bicyclic) bond motifs is 2. The lowest BCUT2D eigenvalue weighted by Crippen LogP contribution is -2.29. The first-order valence-electron chi connectivity index (χ1n) is 8.80. The molecule has 7 heteroatoms. The number of aromatic nitrogens is 4. The molecule has 0 radical (unpaired) electrons. The quantitative estimate of drug-likeness (QED) is 0.767. The van der Waals surface area contributed by atoms with Gasteiger partial charge in [0.1, 0.15) is 24.9 Å². The number of benzene rings is 1. The molecule has 0 saturated carbocycles. The van der Waals surface area contributed by atoms with Gasteiger partial charge in [-0.05, 0) is 36.6 Å². The minimum absolute atomic E-state index is 0.608. The van der Waals surface area contributed by atoms with Gasteiger partial charge in [-0.1, -0.05) is 12.1 Å². The summed E-state index contributed by atoms with van der Waals surface area (Å²) in [5.41, 5.74) is 3.31. The van der Waals surface area contributed by atoms with Crippen LogP contribution in [0.5, 0.6) is 11.5 Å². The summed E-state index contributed by atoms with van der Waals surface area (Å²) in [6.07, 6.45) is 5.00. The summed E-state index contributed by atoms with van der Waals surface area (Å²) in [6.45, 7) is 4.84. The monoisotopic (exact) mass is 349 g/mol. The molecule has 2 aromatic heterocycles. The Morgan fingerprint density at radius 1 is 1.12 bits per heavy atom. The van der Waals surface area contributed by atoms with Crippen LogP contribution in [0, 0.1) is 6.92 Å². The minimum Gasteiger partial charge on any atom is -0.486 e. The predicted molar refractivity (Wildman–Crippen MR) is 98.7 cm³/mol. The van der Waals surface area contributed by atoms with Gasteiger partial charge in [-0.15, -0.1) is 0 Å². The van der Waals surface area contributed by atoms with Crippen molar-refractivity contribution in [1.82, 2.24) is 20.2 Å². The Labute approximate surface area is 150 Å². The SMILES string of the molecule is Cc1nc(N2CC=C(c3ccc4c(c3)OCCO4)CC2)c2cn[nH]c2n1. The van der Waals surface area contributed by atoms with Crippen LogP contribution in [0.2, 0.25) is 0 Å². The van der Waals surface area contributed by atoms with E-state index in [1.54, 1.807) is 6.20 Å². The lowest BCUT2D eigenvalue weighted by Gasteiger charge is -2.28. The third kappa shape index (κ3) is 2.56. The second-order valence-electron chi connectivity index (χ2n) is 6.51. The molecule has 0 aliphatic carbocycles. The first-order valence-corrected chi connectivity index (χ1v) is 8.80. The maximum Gasteiger partial charge on any atom is 0.161 e.